The molecule has 7 heteroatoms. The maximum Gasteiger partial charge on any atom is 0.269 e. The second-order valence-electron chi connectivity index (χ2n) is 4.96. The molecule has 1 saturated heterocycles. The summed E-state index contributed by atoms with van der Waals surface area (Å²) in [5.74, 6) is 0.250. The van der Waals surface area contributed by atoms with Crippen molar-refractivity contribution in [2.24, 2.45) is 11.7 Å². The number of nitro groups is 1. The van der Waals surface area contributed by atoms with Crippen LogP contribution in [0.3, 0.4) is 0 Å². The standard InChI is InChI=1S/C13H17N3O3.ClH/c1-9(14)11-6-7-15(8-11)13(17)10-2-4-12(5-3-10)16(18)19;/h2-5,9,11H,6-8,14H2,1H3;1H. The Balaban J connectivity index is 0.00000200. The molecule has 20 heavy (non-hydrogen) atoms. The maximum atomic E-state index is 12.2. The first kappa shape index (κ1) is 16.4. The van der Waals surface area contributed by atoms with Crippen LogP contribution in [0.2, 0.25) is 0 Å². The van der Waals surface area contributed by atoms with Crippen molar-refractivity contribution in [2.75, 3.05) is 13.1 Å². The van der Waals surface area contributed by atoms with Gasteiger partial charge in [0.1, 0.15) is 0 Å². The highest BCUT2D eigenvalue weighted by molar-refractivity contribution is 5.94. The summed E-state index contributed by atoms with van der Waals surface area (Å²) in [4.78, 5) is 24.0. The van der Waals surface area contributed by atoms with Crippen LogP contribution in [0.25, 0.3) is 0 Å². The van der Waals surface area contributed by atoms with E-state index in [1.54, 1.807) is 4.90 Å². The Morgan fingerprint density at radius 2 is 2.05 bits per heavy atom. The molecule has 1 aromatic carbocycles. The third-order valence-corrected chi connectivity index (χ3v) is 3.58. The van der Waals surface area contributed by atoms with Crippen molar-refractivity contribution in [3.05, 3.63) is 39.9 Å². The van der Waals surface area contributed by atoms with E-state index in [1.807, 2.05) is 6.92 Å². The molecule has 1 aliphatic rings. The quantitative estimate of drug-likeness (QED) is 0.681. The predicted octanol–water partition coefficient (Wildman–Crippen LogP) is 1.83. The molecule has 2 rings (SSSR count). The molecule has 2 N–H and O–H groups in total. The first-order valence-electron chi connectivity index (χ1n) is 6.28. The smallest absolute Gasteiger partial charge is 0.269 e. The topological polar surface area (TPSA) is 89.5 Å². The van der Waals surface area contributed by atoms with Gasteiger partial charge in [-0.1, -0.05) is 0 Å². The van der Waals surface area contributed by atoms with Gasteiger partial charge < -0.3 is 10.6 Å². The average molecular weight is 300 g/mol. The van der Waals surface area contributed by atoms with Crippen LogP contribution in [0.1, 0.15) is 23.7 Å². The zero-order chi connectivity index (χ0) is 14.0. The summed E-state index contributed by atoms with van der Waals surface area (Å²) in [6, 6.07) is 5.78. The second kappa shape index (κ2) is 6.67. The lowest BCUT2D eigenvalue weighted by Crippen LogP contribution is -2.32. The Labute approximate surface area is 123 Å². The summed E-state index contributed by atoms with van der Waals surface area (Å²) in [5.41, 5.74) is 6.31. The van der Waals surface area contributed by atoms with Gasteiger partial charge in [0.15, 0.2) is 0 Å². The molecule has 1 heterocycles. The Bertz CT molecular complexity index is 490. The fraction of sp³-hybridized carbons (Fsp3) is 0.462. The van der Waals surface area contributed by atoms with Gasteiger partial charge in [-0.15, -0.1) is 12.4 Å². The molecule has 1 amide bonds. The minimum atomic E-state index is -0.476. The van der Waals surface area contributed by atoms with Crippen molar-refractivity contribution in [3.63, 3.8) is 0 Å². The number of halogens is 1. The highest BCUT2D eigenvalue weighted by Gasteiger charge is 2.29. The molecule has 0 aliphatic carbocycles. The van der Waals surface area contributed by atoms with Crippen molar-refractivity contribution in [2.45, 2.75) is 19.4 Å². The van der Waals surface area contributed by atoms with Crippen LogP contribution in [0.4, 0.5) is 5.69 Å². The summed E-state index contributed by atoms with van der Waals surface area (Å²) in [6.07, 6.45) is 0.913. The van der Waals surface area contributed by atoms with Crippen LogP contribution in [-0.2, 0) is 0 Å². The lowest BCUT2D eigenvalue weighted by atomic mass is 10.0. The normalized spacial score (nSPS) is 19.3. The summed E-state index contributed by atoms with van der Waals surface area (Å²) in [7, 11) is 0. The molecule has 1 aliphatic heterocycles. The molecule has 0 aromatic heterocycles. The van der Waals surface area contributed by atoms with Crippen LogP contribution >= 0.6 is 12.4 Å². The Morgan fingerprint density at radius 1 is 1.45 bits per heavy atom. The second-order valence-corrected chi connectivity index (χ2v) is 4.96. The first-order chi connectivity index (χ1) is 8.99. The molecule has 0 spiro atoms. The predicted molar refractivity (Wildman–Crippen MR) is 78.0 cm³/mol. The van der Waals surface area contributed by atoms with Crippen molar-refractivity contribution in [3.8, 4) is 0 Å². The fourth-order valence-electron chi connectivity index (χ4n) is 2.31. The number of carbonyl (C=O) groups is 1. The Morgan fingerprint density at radius 3 is 2.50 bits per heavy atom. The van der Waals surface area contributed by atoms with E-state index in [4.69, 9.17) is 5.73 Å². The van der Waals surface area contributed by atoms with E-state index < -0.39 is 4.92 Å². The minimum absolute atomic E-state index is 0. The van der Waals surface area contributed by atoms with Gasteiger partial charge in [0, 0.05) is 36.8 Å². The number of carbonyl (C=O) groups excluding carboxylic acids is 1. The molecule has 1 fully saturated rings. The molecular weight excluding hydrogens is 282 g/mol. The van der Waals surface area contributed by atoms with Crippen LogP contribution in [0.5, 0.6) is 0 Å². The SMILES string of the molecule is CC(N)C1CCN(C(=O)c2ccc([N+](=O)[O-])cc2)C1.Cl. The number of rotatable bonds is 3. The number of benzene rings is 1. The number of amides is 1. The van der Waals surface area contributed by atoms with Gasteiger partial charge in [-0.25, -0.2) is 0 Å². The van der Waals surface area contributed by atoms with Crippen molar-refractivity contribution in [1.29, 1.82) is 0 Å². The third kappa shape index (κ3) is 3.46. The zero-order valence-electron chi connectivity index (χ0n) is 11.2. The van der Waals surface area contributed by atoms with Crippen LogP contribution in [-0.4, -0.2) is 34.9 Å². The maximum absolute atomic E-state index is 12.2. The molecule has 6 nitrogen and oxygen atoms in total. The minimum Gasteiger partial charge on any atom is -0.338 e. The zero-order valence-corrected chi connectivity index (χ0v) is 12.0. The number of hydrogen-bond acceptors (Lipinski definition) is 4. The number of hydrogen-bond donors (Lipinski definition) is 1. The van der Waals surface area contributed by atoms with Gasteiger partial charge in [-0.3, -0.25) is 14.9 Å². The lowest BCUT2D eigenvalue weighted by molar-refractivity contribution is -0.384. The van der Waals surface area contributed by atoms with Crippen LogP contribution in [0.15, 0.2) is 24.3 Å². The van der Waals surface area contributed by atoms with E-state index >= 15 is 0 Å². The van der Waals surface area contributed by atoms with E-state index in [1.165, 1.54) is 24.3 Å². The molecule has 0 saturated carbocycles. The summed E-state index contributed by atoms with van der Waals surface area (Å²) >= 11 is 0. The number of nitro benzene ring substituents is 1. The van der Waals surface area contributed by atoms with E-state index in [-0.39, 0.29) is 30.0 Å². The Hall–Kier alpha value is -1.66. The Kier molecular flexibility index (Phi) is 5.47. The van der Waals surface area contributed by atoms with E-state index in [0.29, 0.717) is 24.6 Å². The van der Waals surface area contributed by atoms with Crippen LogP contribution in [0, 0.1) is 16.0 Å². The van der Waals surface area contributed by atoms with Crippen LogP contribution < -0.4 is 5.73 Å². The van der Waals surface area contributed by atoms with E-state index in [2.05, 4.69) is 0 Å². The molecule has 2 atom stereocenters. The van der Waals surface area contributed by atoms with Crippen molar-refractivity contribution < 1.29 is 9.72 Å². The fourth-order valence-corrected chi connectivity index (χ4v) is 2.31. The van der Waals surface area contributed by atoms with Gasteiger partial charge in [-0.05, 0) is 31.4 Å². The molecule has 1 aromatic rings. The van der Waals surface area contributed by atoms with Gasteiger partial charge >= 0.3 is 0 Å². The van der Waals surface area contributed by atoms with Gasteiger partial charge in [0.05, 0.1) is 4.92 Å². The van der Waals surface area contributed by atoms with Gasteiger partial charge in [0.2, 0.25) is 0 Å². The molecule has 110 valence electrons. The lowest BCUT2D eigenvalue weighted by Gasteiger charge is -2.18. The summed E-state index contributed by atoms with van der Waals surface area (Å²) in [6.45, 7) is 3.31. The monoisotopic (exact) mass is 299 g/mol. The number of likely N-dealkylation sites (tertiary alicyclic amines) is 1. The summed E-state index contributed by atoms with van der Waals surface area (Å²) in [5, 5.41) is 10.6. The number of nitrogens with zero attached hydrogens (tertiary/aromatic N) is 2. The third-order valence-electron chi connectivity index (χ3n) is 3.58. The largest absolute Gasteiger partial charge is 0.338 e. The molecule has 0 bridgehead atoms. The van der Waals surface area contributed by atoms with Crippen molar-refractivity contribution in [1.82, 2.24) is 4.90 Å². The number of nitrogens with two attached hydrogens (primary N) is 1. The average Bonchev–Trinajstić information content (AvgIpc) is 2.87. The van der Waals surface area contributed by atoms with E-state index in [9.17, 15) is 14.9 Å². The van der Waals surface area contributed by atoms with Crippen molar-refractivity contribution >= 4 is 24.0 Å². The first-order valence-corrected chi connectivity index (χ1v) is 6.28. The number of non-ortho nitro benzene ring substituents is 1. The van der Waals surface area contributed by atoms with Gasteiger partial charge in [-0.2, -0.15) is 0 Å². The van der Waals surface area contributed by atoms with E-state index in [0.717, 1.165) is 6.42 Å². The highest BCUT2D eigenvalue weighted by Crippen LogP contribution is 2.21. The van der Waals surface area contributed by atoms with Gasteiger partial charge in [0.25, 0.3) is 11.6 Å². The molecule has 0 radical (unpaired) electrons. The molecule has 2 unspecified atom stereocenters. The highest BCUT2D eigenvalue weighted by atomic mass is 35.5. The summed E-state index contributed by atoms with van der Waals surface area (Å²) < 4.78 is 0. The molecular formula is C13H18ClN3O3.